The van der Waals surface area contributed by atoms with Gasteiger partial charge in [-0.25, -0.2) is 0 Å². The van der Waals surface area contributed by atoms with Crippen molar-refractivity contribution in [3.8, 4) is 5.75 Å². The first-order chi connectivity index (χ1) is 7.31. The van der Waals surface area contributed by atoms with Crippen LogP contribution in [0.5, 0.6) is 5.75 Å². The van der Waals surface area contributed by atoms with Gasteiger partial charge in [-0.2, -0.15) is 0 Å². The lowest BCUT2D eigenvalue weighted by atomic mass is 10.1. The predicted molar refractivity (Wildman–Crippen MR) is 69.1 cm³/mol. The van der Waals surface area contributed by atoms with Crippen LogP contribution < -0.4 is 4.74 Å². The SMILES string of the molecule is CCOc1cc(CCCBr)ccc1CC. The minimum absolute atomic E-state index is 0.745. The molecular formula is C13H19BrO. The van der Waals surface area contributed by atoms with Gasteiger partial charge in [0.1, 0.15) is 5.75 Å². The monoisotopic (exact) mass is 270 g/mol. The Kier molecular flexibility index (Phi) is 5.77. The van der Waals surface area contributed by atoms with Crippen molar-refractivity contribution >= 4 is 15.9 Å². The van der Waals surface area contributed by atoms with Gasteiger partial charge >= 0.3 is 0 Å². The Balaban J connectivity index is 2.79. The summed E-state index contributed by atoms with van der Waals surface area (Å²) in [5.74, 6) is 1.06. The van der Waals surface area contributed by atoms with Gasteiger partial charge in [0.25, 0.3) is 0 Å². The highest BCUT2D eigenvalue weighted by molar-refractivity contribution is 9.09. The van der Waals surface area contributed by atoms with Crippen LogP contribution >= 0.6 is 15.9 Å². The van der Waals surface area contributed by atoms with Crippen LogP contribution in [0.1, 0.15) is 31.4 Å². The summed E-state index contributed by atoms with van der Waals surface area (Å²) < 4.78 is 5.64. The zero-order chi connectivity index (χ0) is 11.1. The maximum absolute atomic E-state index is 5.64. The van der Waals surface area contributed by atoms with Gasteiger partial charge in [-0.3, -0.25) is 0 Å². The fraction of sp³-hybridized carbons (Fsp3) is 0.538. The highest BCUT2D eigenvalue weighted by Gasteiger charge is 2.03. The largest absolute Gasteiger partial charge is 0.494 e. The third-order valence-corrected chi connectivity index (χ3v) is 2.97. The summed E-state index contributed by atoms with van der Waals surface area (Å²) in [6.07, 6.45) is 3.33. The third-order valence-electron chi connectivity index (χ3n) is 2.41. The Labute approximate surface area is 101 Å². The van der Waals surface area contributed by atoms with Gasteiger partial charge in [-0.05, 0) is 43.4 Å². The second-order valence-electron chi connectivity index (χ2n) is 3.52. The van der Waals surface area contributed by atoms with Crippen LogP contribution in [0.4, 0.5) is 0 Å². The smallest absolute Gasteiger partial charge is 0.122 e. The molecule has 1 aromatic rings. The molecule has 0 saturated carbocycles. The molecule has 0 saturated heterocycles. The average molecular weight is 271 g/mol. The van der Waals surface area contributed by atoms with Crippen LogP contribution in [0.2, 0.25) is 0 Å². The maximum atomic E-state index is 5.64. The van der Waals surface area contributed by atoms with Crippen LogP contribution in [-0.4, -0.2) is 11.9 Å². The topological polar surface area (TPSA) is 9.23 Å². The Morgan fingerprint density at radius 1 is 1.27 bits per heavy atom. The van der Waals surface area contributed by atoms with E-state index in [0.29, 0.717) is 0 Å². The van der Waals surface area contributed by atoms with Gasteiger partial charge in [0, 0.05) is 5.33 Å². The summed E-state index contributed by atoms with van der Waals surface area (Å²) in [4.78, 5) is 0. The number of aryl methyl sites for hydroxylation is 2. The molecule has 2 heteroatoms. The van der Waals surface area contributed by atoms with Crippen LogP contribution in [0.3, 0.4) is 0 Å². The van der Waals surface area contributed by atoms with E-state index in [2.05, 4.69) is 41.1 Å². The van der Waals surface area contributed by atoms with Crippen molar-refractivity contribution in [1.29, 1.82) is 0 Å². The lowest BCUT2D eigenvalue weighted by molar-refractivity contribution is 0.336. The molecule has 1 nitrogen and oxygen atoms in total. The molecule has 0 aliphatic rings. The summed E-state index contributed by atoms with van der Waals surface area (Å²) in [7, 11) is 0. The number of hydrogen-bond acceptors (Lipinski definition) is 1. The second kappa shape index (κ2) is 6.89. The van der Waals surface area contributed by atoms with E-state index in [0.717, 1.165) is 30.5 Å². The predicted octanol–water partition coefficient (Wildman–Crippen LogP) is 3.98. The molecule has 15 heavy (non-hydrogen) atoms. The second-order valence-corrected chi connectivity index (χ2v) is 4.31. The Bertz CT molecular complexity index is 297. The third kappa shape index (κ3) is 3.86. The van der Waals surface area contributed by atoms with Crippen molar-refractivity contribution in [3.05, 3.63) is 29.3 Å². The molecule has 0 aromatic heterocycles. The molecule has 0 fully saturated rings. The molecule has 0 heterocycles. The Morgan fingerprint density at radius 3 is 2.67 bits per heavy atom. The summed E-state index contributed by atoms with van der Waals surface area (Å²) in [6.45, 7) is 4.94. The number of alkyl halides is 1. The van der Waals surface area contributed by atoms with Crippen molar-refractivity contribution in [3.63, 3.8) is 0 Å². The highest BCUT2D eigenvalue weighted by Crippen LogP contribution is 2.22. The van der Waals surface area contributed by atoms with Crippen molar-refractivity contribution in [2.75, 3.05) is 11.9 Å². The number of ether oxygens (including phenoxy) is 1. The molecule has 0 N–H and O–H groups in total. The van der Waals surface area contributed by atoms with E-state index in [1.54, 1.807) is 0 Å². The fourth-order valence-electron chi connectivity index (χ4n) is 1.61. The lowest BCUT2D eigenvalue weighted by Gasteiger charge is -2.10. The van der Waals surface area contributed by atoms with Crippen molar-refractivity contribution in [2.24, 2.45) is 0 Å². The fourth-order valence-corrected chi connectivity index (χ4v) is 1.89. The van der Waals surface area contributed by atoms with Gasteiger partial charge in [-0.15, -0.1) is 0 Å². The summed E-state index contributed by atoms with van der Waals surface area (Å²) >= 11 is 3.45. The number of halogens is 1. The molecule has 0 spiro atoms. The molecule has 0 atom stereocenters. The molecule has 0 amide bonds. The van der Waals surface area contributed by atoms with Crippen LogP contribution in [0.25, 0.3) is 0 Å². The van der Waals surface area contributed by atoms with E-state index in [1.165, 1.54) is 17.5 Å². The lowest BCUT2D eigenvalue weighted by Crippen LogP contribution is -1.97. The molecule has 84 valence electrons. The zero-order valence-electron chi connectivity index (χ0n) is 9.55. The minimum atomic E-state index is 0.745. The summed E-state index contributed by atoms with van der Waals surface area (Å²) in [6, 6.07) is 6.59. The average Bonchev–Trinajstić information content (AvgIpc) is 2.27. The van der Waals surface area contributed by atoms with Crippen molar-refractivity contribution in [2.45, 2.75) is 33.1 Å². The first kappa shape index (κ1) is 12.6. The maximum Gasteiger partial charge on any atom is 0.122 e. The standard InChI is InChI=1S/C13H19BrO/c1-3-12-8-7-11(6-5-9-14)10-13(12)15-4-2/h7-8,10H,3-6,9H2,1-2H3. The number of benzene rings is 1. The summed E-state index contributed by atoms with van der Waals surface area (Å²) in [5, 5.41) is 1.06. The van der Waals surface area contributed by atoms with E-state index >= 15 is 0 Å². The van der Waals surface area contributed by atoms with Crippen molar-refractivity contribution < 1.29 is 4.74 Å². The van der Waals surface area contributed by atoms with Gasteiger partial charge in [0.2, 0.25) is 0 Å². The highest BCUT2D eigenvalue weighted by atomic mass is 79.9. The van der Waals surface area contributed by atoms with Gasteiger partial charge in [0.15, 0.2) is 0 Å². The molecule has 1 aromatic carbocycles. The molecule has 0 unspecified atom stereocenters. The normalized spacial score (nSPS) is 10.3. The summed E-state index contributed by atoms with van der Waals surface area (Å²) in [5.41, 5.74) is 2.68. The quantitative estimate of drug-likeness (QED) is 0.711. The molecule has 1 rings (SSSR count). The number of rotatable bonds is 6. The minimum Gasteiger partial charge on any atom is -0.494 e. The van der Waals surface area contributed by atoms with Crippen LogP contribution in [-0.2, 0) is 12.8 Å². The molecule has 0 aliphatic heterocycles. The van der Waals surface area contributed by atoms with Gasteiger partial charge < -0.3 is 4.74 Å². The zero-order valence-corrected chi connectivity index (χ0v) is 11.1. The Morgan fingerprint density at radius 2 is 2.07 bits per heavy atom. The van der Waals surface area contributed by atoms with E-state index < -0.39 is 0 Å². The molecular weight excluding hydrogens is 252 g/mol. The van der Waals surface area contributed by atoms with Gasteiger partial charge in [0.05, 0.1) is 6.61 Å². The first-order valence-electron chi connectivity index (χ1n) is 5.62. The van der Waals surface area contributed by atoms with Gasteiger partial charge in [-0.1, -0.05) is 35.0 Å². The molecule has 0 radical (unpaired) electrons. The number of hydrogen-bond donors (Lipinski definition) is 0. The van der Waals surface area contributed by atoms with E-state index in [1.807, 2.05) is 6.92 Å². The molecule has 0 aliphatic carbocycles. The van der Waals surface area contributed by atoms with E-state index in [4.69, 9.17) is 4.74 Å². The van der Waals surface area contributed by atoms with Crippen LogP contribution in [0.15, 0.2) is 18.2 Å². The van der Waals surface area contributed by atoms with Crippen molar-refractivity contribution in [1.82, 2.24) is 0 Å². The van der Waals surface area contributed by atoms with Crippen LogP contribution in [0, 0.1) is 0 Å². The Hall–Kier alpha value is -0.500. The first-order valence-corrected chi connectivity index (χ1v) is 6.74. The molecule has 0 bridgehead atoms. The van der Waals surface area contributed by atoms with E-state index in [9.17, 15) is 0 Å². The van der Waals surface area contributed by atoms with E-state index in [-0.39, 0.29) is 0 Å².